The Kier molecular flexibility index (Phi) is 4.28. The Morgan fingerprint density at radius 2 is 2.05 bits per heavy atom. The molecule has 4 nitrogen and oxygen atoms in total. The van der Waals surface area contributed by atoms with Crippen LogP contribution in [-0.4, -0.2) is 25.8 Å². The van der Waals surface area contributed by atoms with Crippen molar-refractivity contribution in [2.24, 2.45) is 5.73 Å². The molecule has 1 aromatic rings. The average molecular weight is 282 g/mol. The van der Waals surface area contributed by atoms with Gasteiger partial charge in [0.05, 0.1) is 4.90 Å². The lowest BCUT2D eigenvalue weighted by Crippen LogP contribution is -2.41. The van der Waals surface area contributed by atoms with Crippen LogP contribution in [0.2, 0.25) is 0 Å². The van der Waals surface area contributed by atoms with Crippen molar-refractivity contribution >= 4 is 10.0 Å². The minimum Gasteiger partial charge on any atom is -0.326 e. The van der Waals surface area contributed by atoms with Gasteiger partial charge in [0, 0.05) is 19.6 Å². The van der Waals surface area contributed by atoms with E-state index in [-0.39, 0.29) is 6.04 Å². The van der Waals surface area contributed by atoms with Gasteiger partial charge in [-0.25, -0.2) is 8.42 Å². The van der Waals surface area contributed by atoms with Gasteiger partial charge in [0.25, 0.3) is 0 Å². The van der Waals surface area contributed by atoms with Crippen LogP contribution in [0.3, 0.4) is 0 Å². The van der Waals surface area contributed by atoms with E-state index in [1.54, 1.807) is 13.1 Å². The van der Waals surface area contributed by atoms with E-state index in [2.05, 4.69) is 0 Å². The van der Waals surface area contributed by atoms with Gasteiger partial charge < -0.3 is 5.73 Å². The van der Waals surface area contributed by atoms with Crippen molar-refractivity contribution in [2.45, 2.75) is 50.1 Å². The summed E-state index contributed by atoms with van der Waals surface area (Å²) in [5.74, 6) is 0. The Morgan fingerprint density at radius 1 is 1.37 bits per heavy atom. The van der Waals surface area contributed by atoms with Crippen molar-refractivity contribution in [1.29, 1.82) is 0 Å². The molecule has 0 aliphatic heterocycles. The second-order valence-corrected chi connectivity index (χ2v) is 7.07. The highest BCUT2D eigenvalue weighted by Gasteiger charge is 2.32. The van der Waals surface area contributed by atoms with E-state index < -0.39 is 10.0 Å². The highest BCUT2D eigenvalue weighted by atomic mass is 32.2. The number of hydrogen-bond acceptors (Lipinski definition) is 3. The maximum absolute atomic E-state index is 12.7. The van der Waals surface area contributed by atoms with Crippen LogP contribution in [0.15, 0.2) is 23.1 Å². The lowest BCUT2D eigenvalue weighted by atomic mass is 9.94. The number of sulfonamides is 1. The third-order valence-corrected chi connectivity index (χ3v) is 5.99. The van der Waals surface area contributed by atoms with Crippen LogP contribution in [0.1, 0.15) is 37.3 Å². The van der Waals surface area contributed by atoms with Crippen molar-refractivity contribution in [3.8, 4) is 0 Å². The van der Waals surface area contributed by atoms with Crippen LogP contribution < -0.4 is 5.73 Å². The topological polar surface area (TPSA) is 63.4 Å². The molecule has 1 aliphatic carbocycles. The molecular formula is C14H22N2O2S. The van der Waals surface area contributed by atoms with Gasteiger partial charge in [-0.1, -0.05) is 25.5 Å². The summed E-state index contributed by atoms with van der Waals surface area (Å²) < 4.78 is 26.9. The minimum absolute atomic E-state index is 0.163. The Morgan fingerprint density at radius 3 is 2.53 bits per heavy atom. The van der Waals surface area contributed by atoms with E-state index in [4.69, 9.17) is 5.73 Å². The number of nitrogens with two attached hydrogens (primary N) is 1. The van der Waals surface area contributed by atoms with Crippen molar-refractivity contribution < 1.29 is 8.42 Å². The Hall–Kier alpha value is -0.910. The lowest BCUT2D eigenvalue weighted by Gasteiger charge is -2.34. The molecule has 5 heteroatoms. The zero-order valence-electron chi connectivity index (χ0n) is 11.6. The van der Waals surface area contributed by atoms with Crippen molar-refractivity contribution in [1.82, 2.24) is 4.31 Å². The van der Waals surface area contributed by atoms with Gasteiger partial charge >= 0.3 is 0 Å². The van der Waals surface area contributed by atoms with Crippen LogP contribution in [0.5, 0.6) is 0 Å². The molecule has 1 fully saturated rings. The van der Waals surface area contributed by atoms with Gasteiger partial charge in [0.15, 0.2) is 0 Å². The quantitative estimate of drug-likeness (QED) is 0.897. The van der Waals surface area contributed by atoms with Gasteiger partial charge in [-0.05, 0) is 36.5 Å². The van der Waals surface area contributed by atoms with E-state index in [1.165, 1.54) is 4.31 Å². The molecule has 0 aromatic heterocycles. The fraction of sp³-hybridized carbons (Fsp3) is 0.571. The minimum atomic E-state index is -3.40. The molecule has 0 unspecified atom stereocenters. The maximum atomic E-state index is 12.7. The zero-order chi connectivity index (χ0) is 14.0. The summed E-state index contributed by atoms with van der Waals surface area (Å²) in [7, 11) is -1.71. The Labute approximate surface area is 115 Å². The van der Waals surface area contributed by atoms with Crippen LogP contribution >= 0.6 is 0 Å². The molecule has 0 saturated heterocycles. The Balaban J connectivity index is 2.43. The van der Waals surface area contributed by atoms with Gasteiger partial charge in [0.2, 0.25) is 10.0 Å². The summed E-state index contributed by atoms with van der Waals surface area (Å²) in [6, 6.07) is 5.67. The largest absolute Gasteiger partial charge is 0.326 e. The highest BCUT2D eigenvalue weighted by Crippen LogP contribution is 2.30. The SMILES string of the molecule is CCc1ccc(CN)cc1S(=O)(=O)N(C)C1CCC1. The first kappa shape index (κ1) is 14.5. The molecule has 0 bridgehead atoms. The third-order valence-electron chi connectivity index (χ3n) is 3.99. The second kappa shape index (κ2) is 5.61. The molecule has 0 radical (unpaired) electrons. The van der Waals surface area contributed by atoms with Crippen molar-refractivity contribution in [3.63, 3.8) is 0 Å². The predicted octanol–water partition coefficient (Wildman–Crippen LogP) is 1.88. The summed E-state index contributed by atoms with van der Waals surface area (Å²) in [6.45, 7) is 2.33. The Bertz CT molecular complexity index is 551. The van der Waals surface area contributed by atoms with E-state index in [1.807, 2.05) is 19.1 Å². The maximum Gasteiger partial charge on any atom is 0.243 e. The van der Waals surface area contributed by atoms with Crippen molar-refractivity contribution in [3.05, 3.63) is 29.3 Å². The third kappa shape index (κ3) is 2.68. The van der Waals surface area contributed by atoms with E-state index in [9.17, 15) is 8.42 Å². The molecule has 1 saturated carbocycles. The first-order valence-corrected chi connectivity index (χ1v) is 8.24. The van der Waals surface area contributed by atoms with E-state index in [0.717, 1.165) is 30.4 Å². The standard InChI is InChI=1S/C14H22N2O2S/c1-3-12-8-7-11(10-15)9-14(12)19(17,18)16(2)13-5-4-6-13/h7-9,13H,3-6,10,15H2,1-2H3. The first-order chi connectivity index (χ1) is 9.00. The number of nitrogens with zero attached hydrogens (tertiary/aromatic N) is 1. The fourth-order valence-corrected chi connectivity index (χ4v) is 4.12. The van der Waals surface area contributed by atoms with Gasteiger partial charge in [0.1, 0.15) is 0 Å². The monoisotopic (exact) mass is 282 g/mol. The molecular weight excluding hydrogens is 260 g/mol. The molecule has 0 heterocycles. The molecule has 2 rings (SSSR count). The smallest absolute Gasteiger partial charge is 0.243 e. The normalized spacial score (nSPS) is 16.6. The number of aryl methyl sites for hydroxylation is 1. The van der Waals surface area contributed by atoms with Crippen molar-refractivity contribution in [2.75, 3.05) is 7.05 Å². The molecule has 0 atom stereocenters. The van der Waals surface area contributed by atoms with Gasteiger partial charge in [-0.3, -0.25) is 0 Å². The lowest BCUT2D eigenvalue weighted by molar-refractivity contribution is 0.249. The fourth-order valence-electron chi connectivity index (χ4n) is 2.36. The second-order valence-electron chi connectivity index (χ2n) is 5.11. The van der Waals surface area contributed by atoms with Crippen LogP contribution in [-0.2, 0) is 23.0 Å². The van der Waals surface area contributed by atoms with Gasteiger partial charge in [-0.15, -0.1) is 0 Å². The molecule has 1 aliphatic rings. The zero-order valence-corrected chi connectivity index (χ0v) is 12.4. The predicted molar refractivity (Wildman–Crippen MR) is 76.3 cm³/mol. The first-order valence-electron chi connectivity index (χ1n) is 6.80. The van der Waals surface area contributed by atoms with E-state index >= 15 is 0 Å². The molecule has 0 amide bonds. The van der Waals surface area contributed by atoms with Crippen LogP contribution in [0.25, 0.3) is 0 Å². The number of benzene rings is 1. The number of rotatable bonds is 5. The molecule has 0 spiro atoms. The van der Waals surface area contributed by atoms with Crippen LogP contribution in [0, 0.1) is 0 Å². The average Bonchev–Trinajstić information content (AvgIpc) is 2.35. The van der Waals surface area contributed by atoms with Gasteiger partial charge in [-0.2, -0.15) is 4.31 Å². The summed E-state index contributed by atoms with van der Waals surface area (Å²) in [5, 5.41) is 0. The summed E-state index contributed by atoms with van der Waals surface area (Å²) in [5.41, 5.74) is 7.34. The summed E-state index contributed by atoms with van der Waals surface area (Å²) in [6.07, 6.45) is 3.76. The van der Waals surface area contributed by atoms with E-state index in [0.29, 0.717) is 17.9 Å². The van der Waals surface area contributed by atoms with Crippen LogP contribution in [0.4, 0.5) is 0 Å². The highest BCUT2D eigenvalue weighted by molar-refractivity contribution is 7.89. The molecule has 106 valence electrons. The summed E-state index contributed by atoms with van der Waals surface area (Å²) in [4.78, 5) is 0.423. The molecule has 19 heavy (non-hydrogen) atoms. The number of hydrogen-bond donors (Lipinski definition) is 1. The summed E-state index contributed by atoms with van der Waals surface area (Å²) >= 11 is 0. The molecule has 1 aromatic carbocycles. The molecule has 2 N–H and O–H groups in total.